The molecule has 0 N–H and O–H groups in total. The van der Waals surface area contributed by atoms with Crippen molar-refractivity contribution < 1.29 is 9.59 Å². The maximum absolute atomic E-state index is 12.5. The predicted molar refractivity (Wildman–Crippen MR) is 92.9 cm³/mol. The first-order valence-corrected chi connectivity index (χ1v) is 9.17. The van der Waals surface area contributed by atoms with Gasteiger partial charge in [0.05, 0.1) is 0 Å². The monoisotopic (exact) mass is 320 g/mol. The van der Waals surface area contributed by atoms with E-state index < -0.39 is 0 Å². The van der Waals surface area contributed by atoms with Crippen molar-refractivity contribution in [3.05, 3.63) is 12.2 Å². The number of carbonyl (C=O) groups excluding carboxylic acids is 2. The summed E-state index contributed by atoms with van der Waals surface area (Å²) in [6, 6.07) is 0. The highest BCUT2D eigenvalue weighted by Crippen LogP contribution is 2.28. The van der Waals surface area contributed by atoms with E-state index in [2.05, 4.69) is 13.5 Å². The van der Waals surface area contributed by atoms with E-state index in [4.69, 9.17) is 0 Å². The SMILES string of the molecule is C=C(C[C@@H](C)C(=O)N1CCCC1)[C@H](C)[C@@H](C)C(=O)N1CCCC1. The standard InChI is InChI=1S/C19H32N2O2/c1-14(13-15(2)18(22)20-9-5-6-10-20)16(3)17(4)19(23)21-11-7-8-12-21/h15-17H,1,5-13H2,2-4H3/t15-,16+,17-/m1/s1. The summed E-state index contributed by atoms with van der Waals surface area (Å²) in [5.74, 6) is 0.535. The molecule has 0 aromatic heterocycles. The topological polar surface area (TPSA) is 40.6 Å². The van der Waals surface area contributed by atoms with Gasteiger partial charge in [-0.05, 0) is 38.0 Å². The average molecular weight is 320 g/mol. The van der Waals surface area contributed by atoms with Crippen LogP contribution in [-0.2, 0) is 9.59 Å². The van der Waals surface area contributed by atoms with Gasteiger partial charge in [0.1, 0.15) is 0 Å². The first-order valence-electron chi connectivity index (χ1n) is 9.17. The van der Waals surface area contributed by atoms with Crippen LogP contribution in [0.4, 0.5) is 0 Å². The Morgan fingerprint density at radius 1 is 0.826 bits per heavy atom. The fourth-order valence-electron chi connectivity index (χ4n) is 3.71. The van der Waals surface area contributed by atoms with Gasteiger partial charge in [-0.2, -0.15) is 0 Å². The Balaban J connectivity index is 1.85. The molecule has 4 heteroatoms. The van der Waals surface area contributed by atoms with Gasteiger partial charge in [-0.25, -0.2) is 0 Å². The van der Waals surface area contributed by atoms with Crippen molar-refractivity contribution in [3.8, 4) is 0 Å². The van der Waals surface area contributed by atoms with Crippen molar-refractivity contribution in [1.29, 1.82) is 0 Å². The number of hydrogen-bond acceptors (Lipinski definition) is 2. The van der Waals surface area contributed by atoms with Gasteiger partial charge >= 0.3 is 0 Å². The third-order valence-corrected chi connectivity index (χ3v) is 5.61. The Kier molecular flexibility index (Phi) is 6.25. The molecule has 0 bridgehead atoms. The van der Waals surface area contributed by atoms with E-state index in [-0.39, 0.29) is 29.6 Å². The van der Waals surface area contributed by atoms with Crippen LogP contribution < -0.4 is 0 Å². The molecule has 2 saturated heterocycles. The van der Waals surface area contributed by atoms with E-state index in [1.54, 1.807) is 0 Å². The third kappa shape index (κ3) is 4.36. The second kappa shape index (κ2) is 7.98. The molecule has 2 heterocycles. The molecule has 2 aliphatic rings. The first-order chi connectivity index (χ1) is 10.9. The normalized spacial score (nSPS) is 22.0. The van der Waals surface area contributed by atoms with Gasteiger partial charge in [-0.1, -0.05) is 32.9 Å². The zero-order valence-electron chi connectivity index (χ0n) is 15.0. The number of carbonyl (C=O) groups is 2. The zero-order chi connectivity index (χ0) is 17.0. The van der Waals surface area contributed by atoms with E-state index >= 15 is 0 Å². The van der Waals surface area contributed by atoms with Gasteiger partial charge in [0.25, 0.3) is 0 Å². The lowest BCUT2D eigenvalue weighted by atomic mass is 9.84. The Morgan fingerprint density at radius 3 is 1.74 bits per heavy atom. The molecule has 0 spiro atoms. The Labute approximate surface area is 140 Å². The summed E-state index contributed by atoms with van der Waals surface area (Å²) < 4.78 is 0. The van der Waals surface area contributed by atoms with Crippen molar-refractivity contribution in [3.63, 3.8) is 0 Å². The van der Waals surface area contributed by atoms with Crippen molar-refractivity contribution in [2.45, 2.75) is 52.9 Å². The molecular formula is C19H32N2O2. The number of rotatable bonds is 6. The van der Waals surface area contributed by atoms with Gasteiger partial charge in [-0.15, -0.1) is 0 Å². The Bertz CT molecular complexity index is 448. The van der Waals surface area contributed by atoms with Crippen LogP contribution in [-0.4, -0.2) is 47.8 Å². The lowest BCUT2D eigenvalue weighted by molar-refractivity contribution is -0.135. The summed E-state index contributed by atoms with van der Waals surface area (Å²) in [6.07, 6.45) is 5.17. The van der Waals surface area contributed by atoms with E-state index in [0.717, 1.165) is 57.4 Å². The first kappa shape index (κ1) is 18.0. The van der Waals surface area contributed by atoms with E-state index in [1.807, 2.05) is 23.6 Å². The lowest BCUT2D eigenvalue weighted by Crippen LogP contribution is -2.36. The molecule has 0 radical (unpaired) electrons. The summed E-state index contributed by atoms with van der Waals surface area (Å²) in [7, 11) is 0. The van der Waals surface area contributed by atoms with Crippen LogP contribution in [0.3, 0.4) is 0 Å². The molecule has 2 rings (SSSR count). The van der Waals surface area contributed by atoms with Gasteiger partial charge in [0.15, 0.2) is 0 Å². The second-order valence-electron chi connectivity index (χ2n) is 7.41. The molecule has 0 aromatic rings. The van der Waals surface area contributed by atoms with E-state index in [0.29, 0.717) is 6.42 Å². The lowest BCUT2D eigenvalue weighted by Gasteiger charge is -2.28. The molecular weight excluding hydrogens is 288 g/mol. The summed E-state index contributed by atoms with van der Waals surface area (Å²) in [5, 5.41) is 0. The maximum Gasteiger partial charge on any atom is 0.225 e. The molecule has 0 saturated carbocycles. The average Bonchev–Trinajstić information content (AvgIpc) is 3.24. The van der Waals surface area contributed by atoms with Crippen LogP contribution in [0.2, 0.25) is 0 Å². The number of likely N-dealkylation sites (tertiary alicyclic amines) is 2. The molecule has 2 amide bonds. The summed E-state index contributed by atoms with van der Waals surface area (Å²) in [6.45, 7) is 13.9. The number of nitrogens with zero attached hydrogens (tertiary/aromatic N) is 2. The summed E-state index contributed by atoms with van der Waals surface area (Å²) in [4.78, 5) is 28.9. The quantitative estimate of drug-likeness (QED) is 0.706. The van der Waals surface area contributed by atoms with Crippen LogP contribution in [0.5, 0.6) is 0 Å². The number of allylic oxidation sites excluding steroid dienone is 1. The van der Waals surface area contributed by atoms with Crippen LogP contribution in [0.15, 0.2) is 12.2 Å². The Morgan fingerprint density at radius 2 is 1.26 bits per heavy atom. The smallest absolute Gasteiger partial charge is 0.225 e. The Hall–Kier alpha value is -1.32. The minimum absolute atomic E-state index is 0.0304. The van der Waals surface area contributed by atoms with Gasteiger partial charge in [0, 0.05) is 38.0 Å². The predicted octanol–water partition coefficient (Wildman–Crippen LogP) is 3.09. The molecule has 4 nitrogen and oxygen atoms in total. The summed E-state index contributed by atoms with van der Waals surface area (Å²) >= 11 is 0. The highest BCUT2D eigenvalue weighted by molar-refractivity contribution is 5.80. The van der Waals surface area contributed by atoms with Crippen molar-refractivity contribution in [1.82, 2.24) is 9.80 Å². The summed E-state index contributed by atoms with van der Waals surface area (Å²) in [5.41, 5.74) is 1.03. The molecule has 2 aliphatic heterocycles. The number of hydrogen-bond donors (Lipinski definition) is 0. The molecule has 0 aromatic carbocycles. The zero-order valence-corrected chi connectivity index (χ0v) is 15.0. The van der Waals surface area contributed by atoms with Gasteiger partial charge < -0.3 is 9.80 Å². The second-order valence-corrected chi connectivity index (χ2v) is 7.41. The van der Waals surface area contributed by atoms with Crippen molar-refractivity contribution in [2.75, 3.05) is 26.2 Å². The van der Waals surface area contributed by atoms with Crippen LogP contribution in [0.1, 0.15) is 52.9 Å². The van der Waals surface area contributed by atoms with E-state index in [1.165, 1.54) is 0 Å². The minimum atomic E-state index is -0.0466. The molecule has 3 atom stereocenters. The van der Waals surface area contributed by atoms with Crippen molar-refractivity contribution in [2.24, 2.45) is 17.8 Å². The van der Waals surface area contributed by atoms with E-state index in [9.17, 15) is 9.59 Å². The molecule has 0 unspecified atom stereocenters. The highest BCUT2D eigenvalue weighted by Gasteiger charge is 2.30. The molecule has 2 fully saturated rings. The molecule has 23 heavy (non-hydrogen) atoms. The largest absolute Gasteiger partial charge is 0.342 e. The van der Waals surface area contributed by atoms with Crippen LogP contribution >= 0.6 is 0 Å². The van der Waals surface area contributed by atoms with Crippen LogP contribution in [0, 0.1) is 17.8 Å². The maximum atomic E-state index is 12.5. The minimum Gasteiger partial charge on any atom is -0.342 e. The van der Waals surface area contributed by atoms with Gasteiger partial charge in [-0.3, -0.25) is 9.59 Å². The van der Waals surface area contributed by atoms with Crippen molar-refractivity contribution >= 4 is 11.8 Å². The fourth-order valence-corrected chi connectivity index (χ4v) is 3.71. The molecule has 130 valence electrons. The highest BCUT2D eigenvalue weighted by atomic mass is 16.2. The number of amides is 2. The third-order valence-electron chi connectivity index (χ3n) is 5.61. The van der Waals surface area contributed by atoms with Gasteiger partial charge in [0.2, 0.25) is 11.8 Å². The fraction of sp³-hybridized carbons (Fsp3) is 0.789. The molecule has 0 aliphatic carbocycles. The van der Waals surface area contributed by atoms with Crippen LogP contribution in [0.25, 0.3) is 0 Å².